The van der Waals surface area contributed by atoms with E-state index in [1.807, 2.05) is 0 Å². The van der Waals surface area contributed by atoms with E-state index in [1.165, 1.54) is 26.0 Å². The zero-order valence-electron chi connectivity index (χ0n) is 18.0. The van der Waals surface area contributed by atoms with Crippen LogP contribution < -0.4 is 15.7 Å². The second-order valence-corrected chi connectivity index (χ2v) is 8.45. The molecular formula is C24H30N2O5. The Balaban J connectivity index is 1.56. The van der Waals surface area contributed by atoms with Crippen molar-refractivity contribution >= 4 is 23.0 Å². The number of methoxy groups -OCH3 is 1. The van der Waals surface area contributed by atoms with Crippen LogP contribution in [0.4, 0.5) is 0 Å². The van der Waals surface area contributed by atoms with Crippen molar-refractivity contribution in [1.29, 1.82) is 0 Å². The lowest BCUT2D eigenvalue weighted by Crippen LogP contribution is -2.40. The summed E-state index contributed by atoms with van der Waals surface area (Å²) in [4.78, 5) is 30.1. The third kappa shape index (κ3) is 5.46. The minimum Gasteiger partial charge on any atom is -0.497 e. The fourth-order valence-electron chi connectivity index (χ4n) is 4.39. The molecule has 1 N–H and O–H groups in total. The second-order valence-electron chi connectivity index (χ2n) is 8.45. The maximum Gasteiger partial charge on any atom is 0.353 e. The molecule has 31 heavy (non-hydrogen) atoms. The highest BCUT2D eigenvalue weighted by molar-refractivity contribution is 5.99. The average Bonchev–Trinajstić information content (AvgIpc) is 2.79. The molecule has 0 bridgehead atoms. The molecule has 4 rings (SSSR count). The summed E-state index contributed by atoms with van der Waals surface area (Å²) in [6, 6.07) is 7.23. The molecular weight excluding hydrogens is 396 g/mol. The maximum absolute atomic E-state index is 12.9. The first kappa shape index (κ1) is 21.4. The molecule has 2 saturated carbocycles. The third-order valence-electron chi connectivity index (χ3n) is 6.16. The highest BCUT2D eigenvalue weighted by Crippen LogP contribution is 2.23. The summed E-state index contributed by atoms with van der Waals surface area (Å²) in [7, 11) is 1.54. The van der Waals surface area contributed by atoms with Gasteiger partial charge in [0.1, 0.15) is 16.9 Å². The molecule has 0 aliphatic heterocycles. The maximum atomic E-state index is 12.9. The van der Waals surface area contributed by atoms with Gasteiger partial charge in [0.25, 0.3) is 6.02 Å². The number of aliphatic imine (C=N–C) groups is 1. The lowest BCUT2D eigenvalue weighted by molar-refractivity contribution is 0.0699. The largest absolute Gasteiger partial charge is 0.497 e. The van der Waals surface area contributed by atoms with Gasteiger partial charge in [0.2, 0.25) is 0 Å². The fourth-order valence-corrected chi connectivity index (χ4v) is 4.39. The van der Waals surface area contributed by atoms with E-state index in [-0.39, 0.29) is 23.7 Å². The van der Waals surface area contributed by atoms with E-state index < -0.39 is 11.6 Å². The van der Waals surface area contributed by atoms with Gasteiger partial charge in [0, 0.05) is 17.5 Å². The summed E-state index contributed by atoms with van der Waals surface area (Å²) < 4.78 is 16.1. The van der Waals surface area contributed by atoms with Crippen LogP contribution in [0.15, 0.2) is 38.5 Å². The number of hydrogen-bond donors (Lipinski definition) is 1. The predicted octanol–water partition coefficient (Wildman–Crippen LogP) is 4.57. The molecule has 166 valence electrons. The molecule has 1 heterocycles. The first-order valence-corrected chi connectivity index (χ1v) is 11.3. The summed E-state index contributed by atoms with van der Waals surface area (Å²) >= 11 is 0. The standard InChI is InChI=1S/C24H30N2O5/c1-29-19-13-12-16-14-20(22(27)30-21(16)15-19)23(28)31-24(25-17-8-4-2-5-9-17)26-18-10-6-3-7-11-18/h12-15,17-18H,2-11H2,1H3,(H,25,26). The Morgan fingerprint density at radius 3 is 2.45 bits per heavy atom. The molecule has 1 aromatic carbocycles. The van der Waals surface area contributed by atoms with E-state index >= 15 is 0 Å². The number of rotatable bonds is 4. The highest BCUT2D eigenvalue weighted by Gasteiger charge is 2.23. The number of ether oxygens (including phenoxy) is 2. The Labute approximate surface area is 181 Å². The SMILES string of the molecule is COc1ccc2cc(C(=O)OC(=NC3CCCCC3)NC3CCCCC3)c(=O)oc2c1. The fraction of sp³-hybridized carbons (Fsp3) is 0.542. The normalized spacial score (nSPS) is 18.7. The zero-order valence-corrected chi connectivity index (χ0v) is 18.0. The van der Waals surface area contributed by atoms with Gasteiger partial charge in [-0.2, -0.15) is 0 Å². The summed E-state index contributed by atoms with van der Waals surface area (Å²) in [5, 5.41) is 3.96. The molecule has 7 nitrogen and oxygen atoms in total. The van der Waals surface area contributed by atoms with Gasteiger partial charge < -0.3 is 19.2 Å². The van der Waals surface area contributed by atoms with E-state index in [2.05, 4.69) is 5.32 Å². The summed E-state index contributed by atoms with van der Waals surface area (Å²) in [6.07, 6.45) is 11.1. The van der Waals surface area contributed by atoms with Crippen LogP contribution in [0.25, 0.3) is 11.0 Å². The summed E-state index contributed by atoms with van der Waals surface area (Å²) in [5.41, 5.74) is -0.516. The monoisotopic (exact) mass is 426 g/mol. The lowest BCUT2D eigenvalue weighted by Gasteiger charge is -2.25. The molecule has 0 saturated heterocycles. The van der Waals surface area contributed by atoms with Crippen molar-refractivity contribution in [2.45, 2.75) is 76.3 Å². The van der Waals surface area contributed by atoms with Crippen LogP contribution in [0, 0.1) is 0 Å². The smallest absolute Gasteiger partial charge is 0.353 e. The van der Waals surface area contributed by atoms with Crippen molar-refractivity contribution in [3.05, 3.63) is 40.2 Å². The van der Waals surface area contributed by atoms with E-state index in [4.69, 9.17) is 18.9 Å². The number of nitrogens with one attached hydrogen (secondary N) is 1. The molecule has 0 unspecified atom stereocenters. The minimum atomic E-state index is -0.746. The van der Waals surface area contributed by atoms with Crippen molar-refractivity contribution in [2.75, 3.05) is 7.11 Å². The second kappa shape index (κ2) is 9.98. The van der Waals surface area contributed by atoms with Crippen molar-refractivity contribution in [1.82, 2.24) is 5.32 Å². The molecule has 0 spiro atoms. The van der Waals surface area contributed by atoms with Crippen LogP contribution in [0.2, 0.25) is 0 Å². The van der Waals surface area contributed by atoms with Crippen molar-refractivity contribution in [3.8, 4) is 5.75 Å². The van der Waals surface area contributed by atoms with Crippen LogP contribution in [-0.2, 0) is 4.74 Å². The average molecular weight is 427 g/mol. The van der Waals surface area contributed by atoms with Crippen molar-refractivity contribution < 1.29 is 18.7 Å². The van der Waals surface area contributed by atoms with Gasteiger partial charge in [-0.25, -0.2) is 14.6 Å². The van der Waals surface area contributed by atoms with E-state index in [1.54, 1.807) is 18.2 Å². The van der Waals surface area contributed by atoms with Crippen molar-refractivity contribution in [3.63, 3.8) is 0 Å². The van der Waals surface area contributed by atoms with Gasteiger partial charge in [0.05, 0.1) is 13.2 Å². The molecule has 1 aromatic heterocycles. The van der Waals surface area contributed by atoms with E-state index in [9.17, 15) is 9.59 Å². The number of benzene rings is 1. The van der Waals surface area contributed by atoms with Crippen LogP contribution in [0.3, 0.4) is 0 Å². The zero-order chi connectivity index (χ0) is 21.6. The molecule has 7 heteroatoms. The molecule has 0 amide bonds. The number of hydrogen-bond acceptors (Lipinski definition) is 6. The topological polar surface area (TPSA) is 90.1 Å². The Bertz CT molecular complexity index is 1000. The molecule has 2 fully saturated rings. The van der Waals surface area contributed by atoms with Crippen LogP contribution in [0.1, 0.15) is 74.6 Å². The number of esters is 1. The van der Waals surface area contributed by atoms with E-state index in [0.717, 1.165) is 51.4 Å². The van der Waals surface area contributed by atoms with Gasteiger partial charge in [-0.15, -0.1) is 0 Å². The number of carbonyl (C=O) groups excluding carboxylic acids is 1. The first-order chi connectivity index (χ1) is 15.1. The predicted molar refractivity (Wildman–Crippen MR) is 119 cm³/mol. The minimum absolute atomic E-state index is 0.139. The highest BCUT2D eigenvalue weighted by atomic mass is 16.6. The van der Waals surface area contributed by atoms with Gasteiger partial charge in [-0.3, -0.25) is 0 Å². The quantitative estimate of drug-likeness (QED) is 0.333. The van der Waals surface area contributed by atoms with Crippen LogP contribution in [-0.4, -0.2) is 31.2 Å². The number of amidine groups is 1. The Hall–Kier alpha value is -2.83. The Kier molecular flexibility index (Phi) is 6.89. The van der Waals surface area contributed by atoms with Gasteiger partial charge >= 0.3 is 11.6 Å². The van der Waals surface area contributed by atoms with Crippen LogP contribution in [0.5, 0.6) is 5.75 Å². The van der Waals surface area contributed by atoms with Crippen LogP contribution >= 0.6 is 0 Å². The number of carbonyl (C=O) groups is 1. The number of fused-ring (bicyclic) bond motifs is 1. The molecule has 2 aliphatic carbocycles. The first-order valence-electron chi connectivity index (χ1n) is 11.3. The molecule has 0 atom stereocenters. The lowest BCUT2D eigenvalue weighted by atomic mass is 9.95. The Morgan fingerprint density at radius 2 is 1.74 bits per heavy atom. The van der Waals surface area contributed by atoms with Gasteiger partial charge in [-0.1, -0.05) is 38.5 Å². The third-order valence-corrected chi connectivity index (χ3v) is 6.16. The summed E-state index contributed by atoms with van der Waals surface area (Å²) in [6.45, 7) is 0. The Morgan fingerprint density at radius 1 is 1.03 bits per heavy atom. The van der Waals surface area contributed by atoms with Gasteiger partial charge in [0.15, 0.2) is 0 Å². The summed E-state index contributed by atoms with van der Waals surface area (Å²) in [5.74, 6) is -0.172. The molecule has 0 radical (unpaired) electrons. The van der Waals surface area contributed by atoms with Crippen molar-refractivity contribution in [2.24, 2.45) is 4.99 Å². The van der Waals surface area contributed by atoms with Gasteiger partial charge in [-0.05, 0) is 43.9 Å². The van der Waals surface area contributed by atoms with E-state index in [0.29, 0.717) is 16.7 Å². The molecule has 2 aromatic rings. The number of nitrogens with zero attached hydrogens (tertiary/aromatic N) is 1. The molecule has 2 aliphatic rings.